The zero-order chi connectivity index (χ0) is 20.7. The molecule has 1 saturated carbocycles. The van der Waals surface area contributed by atoms with E-state index < -0.39 is 5.41 Å². The lowest BCUT2D eigenvalue weighted by molar-refractivity contribution is -0.155. The highest BCUT2D eigenvalue weighted by atomic mass is 16.5. The van der Waals surface area contributed by atoms with Gasteiger partial charge < -0.3 is 14.0 Å². The summed E-state index contributed by atoms with van der Waals surface area (Å²) in [5, 5.41) is 4.09. The summed E-state index contributed by atoms with van der Waals surface area (Å²) >= 11 is 0. The Hall–Kier alpha value is -2.58. The van der Waals surface area contributed by atoms with Crippen molar-refractivity contribution in [2.24, 2.45) is 17.3 Å². The summed E-state index contributed by atoms with van der Waals surface area (Å²) in [6.07, 6.45) is 3.43. The largest absolute Gasteiger partial charge is 0.460 e. The summed E-state index contributed by atoms with van der Waals surface area (Å²) < 4.78 is 16.0. The first-order valence-electron chi connectivity index (χ1n) is 10.1. The number of hydrogen-bond acceptors (Lipinski definition) is 5. The third kappa shape index (κ3) is 6.20. The molecule has 3 rings (SSSR count). The summed E-state index contributed by atoms with van der Waals surface area (Å²) in [5.41, 5.74) is 1.20. The predicted molar refractivity (Wildman–Crippen MR) is 110 cm³/mol. The number of carbonyl (C=O) groups excluding carboxylic acids is 1. The van der Waals surface area contributed by atoms with Gasteiger partial charge in [0.1, 0.15) is 6.61 Å². The minimum absolute atomic E-state index is 0.208. The first kappa shape index (κ1) is 21.1. The highest BCUT2D eigenvalue weighted by Crippen LogP contribution is 2.33. The molecule has 5 heteroatoms. The van der Waals surface area contributed by atoms with E-state index in [0.717, 1.165) is 30.7 Å². The van der Waals surface area contributed by atoms with Crippen molar-refractivity contribution < 1.29 is 18.8 Å². The van der Waals surface area contributed by atoms with Crippen LogP contribution in [-0.4, -0.2) is 24.8 Å². The van der Waals surface area contributed by atoms with Gasteiger partial charge in [0.05, 0.1) is 11.1 Å². The molecule has 0 bridgehead atoms. The van der Waals surface area contributed by atoms with Crippen molar-refractivity contribution in [3.05, 3.63) is 53.4 Å². The van der Waals surface area contributed by atoms with Crippen LogP contribution in [0.25, 0.3) is 0 Å². The fourth-order valence-corrected chi connectivity index (χ4v) is 3.35. The number of ether oxygens (including phenoxy) is 2. The topological polar surface area (TPSA) is 61.6 Å². The molecule has 0 atom stereocenters. The number of hydrogen-bond donors (Lipinski definition) is 0. The van der Waals surface area contributed by atoms with Gasteiger partial charge in [0.2, 0.25) is 5.76 Å². The normalized spacial score (nSPS) is 18.4. The molecular weight excluding hydrogens is 366 g/mol. The van der Waals surface area contributed by atoms with E-state index in [1.54, 1.807) is 7.11 Å². The fraction of sp³-hybridized carbons (Fsp3) is 0.500. The summed E-state index contributed by atoms with van der Waals surface area (Å²) in [6.45, 7) is 4.90. The van der Waals surface area contributed by atoms with Crippen LogP contribution < -0.4 is 0 Å². The molecular formula is C24H29NO4. The molecule has 0 spiro atoms. The number of carbonyl (C=O) groups is 1. The lowest BCUT2D eigenvalue weighted by atomic mass is 9.76. The van der Waals surface area contributed by atoms with E-state index in [-0.39, 0.29) is 5.97 Å². The minimum Gasteiger partial charge on any atom is -0.460 e. The van der Waals surface area contributed by atoms with E-state index in [9.17, 15) is 4.79 Å². The summed E-state index contributed by atoms with van der Waals surface area (Å²) in [5.74, 6) is 7.75. The van der Waals surface area contributed by atoms with E-state index in [1.807, 2.05) is 50.2 Å². The Kier molecular flexibility index (Phi) is 7.11. The second kappa shape index (κ2) is 9.76. The second-order valence-electron chi connectivity index (χ2n) is 8.39. The van der Waals surface area contributed by atoms with Gasteiger partial charge in [0, 0.05) is 25.7 Å². The molecule has 0 amide bonds. The molecule has 1 fully saturated rings. The summed E-state index contributed by atoms with van der Waals surface area (Å²) in [6, 6.07) is 11.6. The van der Waals surface area contributed by atoms with Crippen LogP contribution in [0.3, 0.4) is 0 Å². The molecule has 0 saturated heterocycles. The maximum atomic E-state index is 12.5. The van der Waals surface area contributed by atoms with Gasteiger partial charge in [-0.2, -0.15) is 0 Å². The molecule has 0 unspecified atom stereocenters. The number of nitrogens with zero attached hydrogens (tertiary/aromatic N) is 1. The number of aryl methyl sites for hydroxylation is 1. The zero-order valence-corrected chi connectivity index (χ0v) is 17.4. The number of rotatable bonds is 8. The Bertz CT molecular complexity index is 854. The highest BCUT2D eigenvalue weighted by Gasteiger charge is 2.30. The number of esters is 1. The maximum Gasteiger partial charge on any atom is 0.311 e. The molecule has 29 heavy (non-hydrogen) atoms. The lowest BCUT2D eigenvalue weighted by Gasteiger charge is -2.30. The molecule has 1 aromatic carbocycles. The number of benzene rings is 1. The van der Waals surface area contributed by atoms with E-state index in [0.29, 0.717) is 37.0 Å². The van der Waals surface area contributed by atoms with Crippen molar-refractivity contribution in [1.29, 1.82) is 0 Å². The van der Waals surface area contributed by atoms with E-state index in [2.05, 4.69) is 17.0 Å². The van der Waals surface area contributed by atoms with Crippen LogP contribution in [0.4, 0.5) is 0 Å². The van der Waals surface area contributed by atoms with Crippen LogP contribution in [-0.2, 0) is 27.3 Å². The van der Waals surface area contributed by atoms with Crippen molar-refractivity contribution in [3.8, 4) is 11.8 Å². The third-order valence-electron chi connectivity index (χ3n) is 5.37. The zero-order valence-electron chi connectivity index (χ0n) is 17.4. The third-order valence-corrected chi connectivity index (χ3v) is 5.37. The first-order valence-corrected chi connectivity index (χ1v) is 10.1. The van der Waals surface area contributed by atoms with Gasteiger partial charge in [-0.15, -0.1) is 0 Å². The standard InChI is InChI=1S/C24H29NO4/c1-24(2,23(26)28-17-18-7-5-4-6-8-18)12-11-21-15-22(29-25-21)10-9-19-13-20(14-19)16-27-3/h4-8,15,19-20H,11-14,16-17H2,1-3H3. The molecule has 0 N–H and O–H groups in total. The SMILES string of the molecule is COCC1CC(C#Cc2cc(CCC(C)(C)C(=O)OCc3ccccc3)no2)C1. The average molecular weight is 395 g/mol. The van der Waals surface area contributed by atoms with Crippen LogP contribution in [0.15, 0.2) is 40.9 Å². The molecule has 0 aliphatic heterocycles. The van der Waals surface area contributed by atoms with Crippen molar-refractivity contribution in [2.45, 2.75) is 46.1 Å². The van der Waals surface area contributed by atoms with Gasteiger partial charge in [0.25, 0.3) is 0 Å². The number of aromatic nitrogens is 1. The van der Waals surface area contributed by atoms with Gasteiger partial charge >= 0.3 is 5.97 Å². The quantitative estimate of drug-likeness (QED) is 0.490. The van der Waals surface area contributed by atoms with E-state index in [1.165, 1.54) is 0 Å². The van der Waals surface area contributed by atoms with Gasteiger partial charge in [-0.05, 0) is 56.9 Å². The molecule has 154 valence electrons. The minimum atomic E-state index is -0.595. The van der Waals surface area contributed by atoms with Crippen LogP contribution in [0, 0.1) is 29.1 Å². The van der Waals surface area contributed by atoms with Crippen LogP contribution >= 0.6 is 0 Å². The van der Waals surface area contributed by atoms with Crippen molar-refractivity contribution in [3.63, 3.8) is 0 Å². The first-order chi connectivity index (χ1) is 14.0. The second-order valence-corrected chi connectivity index (χ2v) is 8.39. The Balaban J connectivity index is 1.44. The molecule has 1 aliphatic rings. The van der Waals surface area contributed by atoms with Gasteiger partial charge in [-0.3, -0.25) is 4.79 Å². The number of methoxy groups -OCH3 is 1. The van der Waals surface area contributed by atoms with Gasteiger partial charge in [-0.1, -0.05) is 41.4 Å². The van der Waals surface area contributed by atoms with Gasteiger partial charge in [0.15, 0.2) is 0 Å². The smallest absolute Gasteiger partial charge is 0.311 e. The predicted octanol–water partition coefficient (Wildman–Crippen LogP) is 4.40. The molecule has 2 aromatic rings. The lowest BCUT2D eigenvalue weighted by Crippen LogP contribution is -2.27. The summed E-state index contributed by atoms with van der Waals surface area (Å²) in [7, 11) is 1.74. The van der Waals surface area contributed by atoms with Crippen molar-refractivity contribution >= 4 is 5.97 Å². The van der Waals surface area contributed by atoms with Crippen LogP contribution in [0.2, 0.25) is 0 Å². The Morgan fingerprint density at radius 2 is 2.03 bits per heavy atom. The fourth-order valence-electron chi connectivity index (χ4n) is 3.35. The maximum absolute atomic E-state index is 12.5. The highest BCUT2D eigenvalue weighted by molar-refractivity contribution is 5.75. The molecule has 1 heterocycles. The molecule has 1 aliphatic carbocycles. The molecule has 1 aromatic heterocycles. The van der Waals surface area contributed by atoms with Gasteiger partial charge in [-0.25, -0.2) is 0 Å². The van der Waals surface area contributed by atoms with E-state index >= 15 is 0 Å². The summed E-state index contributed by atoms with van der Waals surface area (Å²) in [4.78, 5) is 12.5. The Morgan fingerprint density at radius 3 is 2.76 bits per heavy atom. The van der Waals surface area contributed by atoms with Crippen molar-refractivity contribution in [2.75, 3.05) is 13.7 Å². The molecule has 0 radical (unpaired) electrons. The Morgan fingerprint density at radius 1 is 1.28 bits per heavy atom. The molecule has 5 nitrogen and oxygen atoms in total. The van der Waals surface area contributed by atoms with Crippen molar-refractivity contribution in [1.82, 2.24) is 5.16 Å². The van der Waals surface area contributed by atoms with Crippen LogP contribution in [0.5, 0.6) is 0 Å². The average Bonchev–Trinajstić information content (AvgIpc) is 3.15. The van der Waals surface area contributed by atoms with Crippen LogP contribution in [0.1, 0.15) is 50.1 Å². The Labute approximate surface area is 172 Å². The monoisotopic (exact) mass is 395 g/mol. The van der Waals surface area contributed by atoms with E-state index in [4.69, 9.17) is 14.0 Å².